The molecule has 6 heteroatoms. The van der Waals surface area contributed by atoms with Gasteiger partial charge in [0.1, 0.15) is 11.4 Å². The normalized spacial score (nSPS) is 15.6. The van der Waals surface area contributed by atoms with E-state index in [1.807, 2.05) is 13.8 Å². The summed E-state index contributed by atoms with van der Waals surface area (Å²) in [6.45, 7) is 3.72. The van der Waals surface area contributed by atoms with Crippen molar-refractivity contribution >= 4 is 17.6 Å². The molecule has 6 nitrogen and oxygen atoms in total. The molecule has 0 saturated heterocycles. The summed E-state index contributed by atoms with van der Waals surface area (Å²) in [5, 5.41) is 2.58. The summed E-state index contributed by atoms with van der Waals surface area (Å²) in [6, 6.07) is 6.47. The van der Waals surface area contributed by atoms with Crippen LogP contribution in [0.1, 0.15) is 41.0 Å². The number of rotatable bonds is 2. The fourth-order valence-electron chi connectivity index (χ4n) is 2.33. The van der Waals surface area contributed by atoms with E-state index < -0.39 is 5.60 Å². The lowest BCUT2D eigenvalue weighted by Gasteiger charge is -2.31. The highest BCUT2D eigenvalue weighted by atomic mass is 16.5. The second-order valence-electron chi connectivity index (χ2n) is 5.70. The molecule has 1 aromatic heterocycles. The van der Waals surface area contributed by atoms with Gasteiger partial charge in [0.2, 0.25) is 5.95 Å². The van der Waals surface area contributed by atoms with E-state index in [0.29, 0.717) is 16.9 Å². The minimum absolute atomic E-state index is 0.0307. The molecule has 3 rings (SSSR count). The number of fused-ring (bicyclic) bond motifs is 1. The van der Waals surface area contributed by atoms with E-state index in [9.17, 15) is 9.59 Å². The van der Waals surface area contributed by atoms with Crippen molar-refractivity contribution in [1.29, 1.82) is 0 Å². The summed E-state index contributed by atoms with van der Waals surface area (Å²) < 4.78 is 5.77. The van der Waals surface area contributed by atoms with Gasteiger partial charge in [-0.25, -0.2) is 9.97 Å². The summed E-state index contributed by atoms with van der Waals surface area (Å²) in [5.74, 6) is 0.325. The molecule has 0 spiro atoms. The van der Waals surface area contributed by atoms with Crippen LogP contribution >= 0.6 is 0 Å². The number of anilines is 1. The van der Waals surface area contributed by atoms with Gasteiger partial charge in [-0.1, -0.05) is 0 Å². The molecule has 0 radical (unpaired) electrons. The Balaban J connectivity index is 1.86. The minimum Gasteiger partial charge on any atom is -0.487 e. The average molecular weight is 297 g/mol. The van der Waals surface area contributed by atoms with Crippen molar-refractivity contribution in [2.24, 2.45) is 0 Å². The largest absolute Gasteiger partial charge is 0.487 e. The Morgan fingerprint density at radius 2 is 2.00 bits per heavy atom. The zero-order valence-corrected chi connectivity index (χ0v) is 12.3. The van der Waals surface area contributed by atoms with Crippen LogP contribution in [-0.2, 0) is 0 Å². The Morgan fingerprint density at radius 3 is 2.73 bits per heavy atom. The fourth-order valence-corrected chi connectivity index (χ4v) is 2.33. The number of carbonyl (C=O) groups is 2. The standard InChI is InChI=1S/C16H15N3O3/c1-16(2)9-12(20)11-8-10(4-5-13(11)22-16)14(21)19-15-17-6-3-7-18-15/h3-8H,9H2,1-2H3,(H,17,18,19,21). The molecule has 112 valence electrons. The van der Waals surface area contributed by atoms with Gasteiger partial charge in [0, 0.05) is 18.0 Å². The van der Waals surface area contributed by atoms with Crippen molar-refractivity contribution in [2.45, 2.75) is 25.9 Å². The third-order valence-corrected chi connectivity index (χ3v) is 3.31. The number of ketones is 1. The van der Waals surface area contributed by atoms with E-state index in [1.54, 1.807) is 24.3 Å². The molecule has 1 aliphatic heterocycles. The van der Waals surface area contributed by atoms with Gasteiger partial charge < -0.3 is 4.74 Å². The first-order valence-corrected chi connectivity index (χ1v) is 6.89. The Labute approximate surface area is 127 Å². The predicted octanol–water partition coefficient (Wildman–Crippen LogP) is 2.47. The zero-order chi connectivity index (χ0) is 15.7. The van der Waals surface area contributed by atoms with E-state index in [2.05, 4.69) is 15.3 Å². The van der Waals surface area contributed by atoms with Crippen molar-refractivity contribution in [1.82, 2.24) is 9.97 Å². The second kappa shape index (κ2) is 5.22. The SMILES string of the molecule is CC1(C)CC(=O)c2cc(C(=O)Nc3ncccn3)ccc2O1. The number of aromatic nitrogens is 2. The second-order valence-corrected chi connectivity index (χ2v) is 5.70. The monoisotopic (exact) mass is 297 g/mol. The Bertz CT molecular complexity index is 742. The number of nitrogens with one attached hydrogen (secondary N) is 1. The van der Waals surface area contributed by atoms with Gasteiger partial charge in [-0.15, -0.1) is 0 Å². The summed E-state index contributed by atoms with van der Waals surface area (Å²) in [6.07, 6.45) is 3.36. The van der Waals surface area contributed by atoms with E-state index in [-0.39, 0.29) is 24.1 Å². The molecule has 0 bridgehead atoms. The molecule has 0 aliphatic carbocycles. The number of carbonyl (C=O) groups excluding carboxylic acids is 2. The molecule has 0 unspecified atom stereocenters. The van der Waals surface area contributed by atoms with Crippen molar-refractivity contribution in [2.75, 3.05) is 5.32 Å². The number of Topliss-reactive ketones (excluding diaryl/α,β-unsaturated/α-hetero) is 1. The molecule has 2 heterocycles. The maximum Gasteiger partial charge on any atom is 0.258 e. The number of benzene rings is 1. The highest BCUT2D eigenvalue weighted by Crippen LogP contribution is 2.33. The van der Waals surface area contributed by atoms with Crippen LogP contribution in [0.25, 0.3) is 0 Å². The third kappa shape index (κ3) is 2.81. The molecule has 0 fully saturated rings. The quantitative estimate of drug-likeness (QED) is 0.921. The first-order valence-electron chi connectivity index (χ1n) is 6.89. The van der Waals surface area contributed by atoms with Crippen LogP contribution in [0.2, 0.25) is 0 Å². The maximum absolute atomic E-state index is 12.2. The zero-order valence-electron chi connectivity index (χ0n) is 12.3. The van der Waals surface area contributed by atoms with Crippen LogP contribution < -0.4 is 10.1 Å². The van der Waals surface area contributed by atoms with Crippen molar-refractivity contribution in [3.63, 3.8) is 0 Å². The van der Waals surface area contributed by atoms with Crippen LogP contribution in [0.4, 0.5) is 5.95 Å². The average Bonchev–Trinajstić information content (AvgIpc) is 2.46. The fraction of sp³-hybridized carbons (Fsp3) is 0.250. The van der Waals surface area contributed by atoms with E-state index in [0.717, 1.165) is 0 Å². The van der Waals surface area contributed by atoms with Crippen LogP contribution in [0.5, 0.6) is 5.75 Å². The van der Waals surface area contributed by atoms with Gasteiger partial charge in [-0.2, -0.15) is 0 Å². The molecule has 1 aliphatic rings. The number of hydrogen-bond donors (Lipinski definition) is 1. The van der Waals surface area contributed by atoms with E-state index >= 15 is 0 Å². The molecular weight excluding hydrogens is 282 g/mol. The Kier molecular flexibility index (Phi) is 3.36. The maximum atomic E-state index is 12.2. The van der Waals surface area contributed by atoms with E-state index in [4.69, 9.17) is 4.74 Å². The minimum atomic E-state index is -0.522. The summed E-state index contributed by atoms with van der Waals surface area (Å²) >= 11 is 0. The highest BCUT2D eigenvalue weighted by Gasteiger charge is 2.32. The lowest BCUT2D eigenvalue weighted by Crippen LogP contribution is -2.36. The van der Waals surface area contributed by atoms with Gasteiger partial charge in [-0.3, -0.25) is 14.9 Å². The van der Waals surface area contributed by atoms with Gasteiger partial charge in [-0.05, 0) is 38.1 Å². The third-order valence-electron chi connectivity index (χ3n) is 3.31. The summed E-state index contributed by atoms with van der Waals surface area (Å²) in [7, 11) is 0. The first-order chi connectivity index (χ1) is 10.4. The highest BCUT2D eigenvalue weighted by molar-refractivity contribution is 6.07. The lowest BCUT2D eigenvalue weighted by molar-refractivity contribution is 0.0620. The summed E-state index contributed by atoms with van der Waals surface area (Å²) in [4.78, 5) is 32.3. The Morgan fingerprint density at radius 1 is 1.27 bits per heavy atom. The van der Waals surface area contributed by atoms with Crippen LogP contribution in [0.15, 0.2) is 36.7 Å². The molecular formula is C16H15N3O3. The van der Waals surface area contributed by atoms with Gasteiger partial charge in [0.25, 0.3) is 5.91 Å². The lowest BCUT2D eigenvalue weighted by atomic mass is 9.92. The van der Waals surface area contributed by atoms with Gasteiger partial charge in [0.15, 0.2) is 5.78 Å². The smallest absolute Gasteiger partial charge is 0.258 e. The van der Waals surface area contributed by atoms with Gasteiger partial charge >= 0.3 is 0 Å². The van der Waals surface area contributed by atoms with Gasteiger partial charge in [0.05, 0.1) is 12.0 Å². The van der Waals surface area contributed by atoms with Crippen LogP contribution in [0, 0.1) is 0 Å². The first kappa shape index (κ1) is 14.2. The number of amides is 1. The molecule has 1 amide bonds. The molecule has 2 aromatic rings. The van der Waals surface area contributed by atoms with Crippen molar-refractivity contribution in [3.05, 3.63) is 47.8 Å². The molecule has 1 aromatic carbocycles. The molecule has 1 N–H and O–H groups in total. The molecule has 0 atom stereocenters. The summed E-state index contributed by atoms with van der Waals surface area (Å²) in [5.41, 5.74) is 0.273. The van der Waals surface area contributed by atoms with Crippen LogP contribution in [-0.4, -0.2) is 27.3 Å². The van der Waals surface area contributed by atoms with E-state index in [1.165, 1.54) is 12.4 Å². The topological polar surface area (TPSA) is 81.2 Å². The molecule has 0 saturated carbocycles. The number of nitrogens with zero attached hydrogens (tertiary/aromatic N) is 2. The number of hydrogen-bond acceptors (Lipinski definition) is 5. The van der Waals surface area contributed by atoms with Crippen molar-refractivity contribution < 1.29 is 14.3 Å². The predicted molar refractivity (Wildman–Crippen MR) is 80.1 cm³/mol. The van der Waals surface area contributed by atoms with Crippen molar-refractivity contribution in [3.8, 4) is 5.75 Å². The molecule has 22 heavy (non-hydrogen) atoms. The number of ether oxygens (including phenoxy) is 1. The van der Waals surface area contributed by atoms with Crippen LogP contribution in [0.3, 0.4) is 0 Å². The Hall–Kier alpha value is -2.76.